The minimum absolute atomic E-state index is 0.882. The van der Waals surface area contributed by atoms with Crippen LogP contribution in [0.4, 0.5) is 0 Å². The lowest BCUT2D eigenvalue weighted by Crippen LogP contribution is -1.82. The van der Waals surface area contributed by atoms with Crippen molar-refractivity contribution in [2.75, 3.05) is 11.5 Å². The maximum absolute atomic E-state index is 5.09. The van der Waals surface area contributed by atoms with E-state index in [0.717, 1.165) is 17.7 Å². The fraction of sp³-hybridized carbons (Fsp3) is 0.429. The summed E-state index contributed by atoms with van der Waals surface area (Å²) in [4.78, 5) is 0. The number of alkyl halides is 1. The molecule has 0 bridgehead atoms. The van der Waals surface area contributed by atoms with Gasteiger partial charge in [-0.1, -0.05) is 40.9 Å². The molecule has 0 N–H and O–H groups in total. The molecule has 16 heavy (non-hydrogen) atoms. The summed E-state index contributed by atoms with van der Waals surface area (Å²) in [5.74, 6) is 7.25. The number of ether oxygens (including phenoxy) is 1. The Labute approximate surface area is 112 Å². The van der Waals surface area contributed by atoms with E-state index in [9.17, 15) is 0 Å². The van der Waals surface area contributed by atoms with Gasteiger partial charge in [-0.2, -0.15) is 0 Å². The summed E-state index contributed by atoms with van der Waals surface area (Å²) in [6.07, 6.45) is 4.82. The summed E-state index contributed by atoms with van der Waals surface area (Å²) in [7, 11) is 1.67. The van der Waals surface area contributed by atoms with E-state index in [0.29, 0.717) is 0 Å². The molecule has 0 radical (unpaired) electrons. The van der Waals surface area contributed by atoms with Gasteiger partial charge in [-0.15, -0.1) is 0 Å². The Bertz CT molecular complexity index is 345. The number of hydrogen-bond acceptors (Lipinski definition) is 1. The Hall–Kier alpha value is -0.690. The first-order valence-corrected chi connectivity index (χ1v) is 7.08. The molecule has 0 fully saturated rings. The van der Waals surface area contributed by atoms with E-state index in [1.165, 1.54) is 23.7 Å². The van der Waals surface area contributed by atoms with Crippen LogP contribution < -0.4 is 4.74 Å². The maximum Gasteiger partial charge on any atom is 0.118 e. The van der Waals surface area contributed by atoms with Crippen molar-refractivity contribution in [3.63, 3.8) is 0 Å². The summed E-state index contributed by atoms with van der Waals surface area (Å²) in [5, 5.41) is 0. The van der Waals surface area contributed by atoms with Gasteiger partial charge in [-0.25, -0.2) is 0 Å². The standard InChI is InChI=1S/C14H17IO/c1-16-14-10-8-13(9-11-14)7-5-3-2-4-6-12-15/h8-11H,2-4,6,12H2,1H3. The number of hydrogen-bond donors (Lipinski definition) is 0. The van der Waals surface area contributed by atoms with Crippen LogP contribution >= 0.6 is 22.6 Å². The van der Waals surface area contributed by atoms with Crippen LogP contribution in [-0.2, 0) is 0 Å². The predicted molar refractivity (Wildman–Crippen MR) is 77.2 cm³/mol. The van der Waals surface area contributed by atoms with Crippen molar-refractivity contribution in [2.24, 2.45) is 0 Å². The van der Waals surface area contributed by atoms with Gasteiger partial charge in [-0.3, -0.25) is 0 Å². The molecule has 1 aromatic carbocycles. The Morgan fingerprint density at radius 3 is 2.50 bits per heavy atom. The summed E-state index contributed by atoms with van der Waals surface area (Å²) >= 11 is 2.42. The van der Waals surface area contributed by atoms with Gasteiger partial charge >= 0.3 is 0 Å². The quantitative estimate of drug-likeness (QED) is 0.343. The predicted octanol–water partition coefficient (Wildman–Crippen LogP) is 4.04. The van der Waals surface area contributed by atoms with Gasteiger partial charge < -0.3 is 4.74 Å². The molecule has 0 unspecified atom stereocenters. The first-order valence-electron chi connectivity index (χ1n) is 5.55. The van der Waals surface area contributed by atoms with Crippen LogP contribution in [0.3, 0.4) is 0 Å². The van der Waals surface area contributed by atoms with E-state index in [-0.39, 0.29) is 0 Å². The molecule has 0 aliphatic rings. The number of rotatable bonds is 5. The Morgan fingerprint density at radius 2 is 1.88 bits per heavy atom. The van der Waals surface area contributed by atoms with Crippen molar-refractivity contribution in [1.29, 1.82) is 0 Å². The second-order valence-corrected chi connectivity index (χ2v) is 4.61. The molecule has 0 aliphatic heterocycles. The van der Waals surface area contributed by atoms with Gasteiger partial charge in [0.05, 0.1) is 7.11 Å². The minimum Gasteiger partial charge on any atom is -0.497 e. The average molecular weight is 328 g/mol. The lowest BCUT2D eigenvalue weighted by molar-refractivity contribution is 0.415. The first-order chi connectivity index (χ1) is 7.86. The van der Waals surface area contributed by atoms with Gasteiger partial charge in [0.15, 0.2) is 0 Å². The highest BCUT2D eigenvalue weighted by Crippen LogP contribution is 2.10. The third-order valence-corrected chi connectivity index (χ3v) is 3.02. The largest absolute Gasteiger partial charge is 0.497 e. The average Bonchev–Trinajstić information content (AvgIpc) is 2.34. The minimum atomic E-state index is 0.882. The van der Waals surface area contributed by atoms with Gasteiger partial charge in [0.1, 0.15) is 5.75 Å². The van der Waals surface area contributed by atoms with Crippen molar-refractivity contribution < 1.29 is 4.74 Å². The zero-order chi connectivity index (χ0) is 11.6. The molecular formula is C14H17IO. The maximum atomic E-state index is 5.09. The molecule has 1 rings (SSSR count). The van der Waals surface area contributed by atoms with Crippen molar-refractivity contribution in [3.05, 3.63) is 29.8 Å². The molecule has 0 atom stereocenters. The highest BCUT2D eigenvalue weighted by atomic mass is 127. The molecule has 1 aromatic rings. The third-order valence-electron chi connectivity index (χ3n) is 2.26. The molecule has 0 aromatic heterocycles. The molecule has 0 saturated carbocycles. The van der Waals surface area contributed by atoms with Crippen LogP contribution in [-0.4, -0.2) is 11.5 Å². The SMILES string of the molecule is COc1ccc(C#CCCCCCI)cc1. The van der Waals surface area contributed by atoms with Crippen LogP contribution in [0.1, 0.15) is 31.2 Å². The van der Waals surface area contributed by atoms with Crippen molar-refractivity contribution in [3.8, 4) is 17.6 Å². The fourth-order valence-corrected chi connectivity index (χ4v) is 1.86. The summed E-state index contributed by atoms with van der Waals surface area (Å²) < 4.78 is 6.34. The van der Waals surface area contributed by atoms with Crippen molar-refractivity contribution in [2.45, 2.75) is 25.7 Å². The van der Waals surface area contributed by atoms with E-state index in [1.54, 1.807) is 7.11 Å². The molecule has 0 spiro atoms. The molecule has 2 heteroatoms. The molecule has 1 nitrogen and oxygen atoms in total. The van der Waals surface area contributed by atoms with Crippen LogP contribution in [0.15, 0.2) is 24.3 Å². The molecule has 0 aliphatic carbocycles. The number of unbranched alkanes of at least 4 members (excludes halogenated alkanes) is 3. The molecular weight excluding hydrogens is 311 g/mol. The second-order valence-electron chi connectivity index (χ2n) is 3.53. The highest BCUT2D eigenvalue weighted by Gasteiger charge is 1.89. The van der Waals surface area contributed by atoms with E-state index in [1.807, 2.05) is 24.3 Å². The van der Waals surface area contributed by atoms with Crippen LogP contribution in [0, 0.1) is 11.8 Å². The molecule has 0 amide bonds. The van der Waals surface area contributed by atoms with Gasteiger partial charge in [0, 0.05) is 12.0 Å². The van der Waals surface area contributed by atoms with Crippen LogP contribution in [0.5, 0.6) is 5.75 Å². The van der Waals surface area contributed by atoms with E-state index in [4.69, 9.17) is 4.74 Å². The van der Waals surface area contributed by atoms with Crippen LogP contribution in [0.2, 0.25) is 0 Å². The molecule has 0 heterocycles. The monoisotopic (exact) mass is 328 g/mol. The summed E-state index contributed by atoms with van der Waals surface area (Å²) in [6, 6.07) is 7.88. The topological polar surface area (TPSA) is 9.23 Å². The lowest BCUT2D eigenvalue weighted by Gasteiger charge is -1.97. The van der Waals surface area contributed by atoms with E-state index in [2.05, 4.69) is 34.4 Å². The Balaban J connectivity index is 2.32. The third kappa shape index (κ3) is 5.41. The summed E-state index contributed by atoms with van der Waals surface area (Å²) in [6.45, 7) is 0. The first kappa shape index (κ1) is 13.4. The smallest absolute Gasteiger partial charge is 0.118 e. The summed E-state index contributed by atoms with van der Waals surface area (Å²) in [5.41, 5.74) is 1.06. The Morgan fingerprint density at radius 1 is 1.12 bits per heavy atom. The van der Waals surface area contributed by atoms with E-state index >= 15 is 0 Å². The van der Waals surface area contributed by atoms with Gasteiger partial charge in [-0.05, 0) is 41.5 Å². The number of halogens is 1. The molecule has 86 valence electrons. The fourth-order valence-electron chi connectivity index (χ4n) is 1.32. The zero-order valence-electron chi connectivity index (χ0n) is 9.63. The lowest BCUT2D eigenvalue weighted by atomic mass is 10.2. The Kier molecular flexibility index (Phi) is 7.07. The molecule has 0 saturated heterocycles. The second kappa shape index (κ2) is 8.46. The van der Waals surface area contributed by atoms with Crippen LogP contribution in [0.25, 0.3) is 0 Å². The van der Waals surface area contributed by atoms with E-state index < -0.39 is 0 Å². The van der Waals surface area contributed by atoms with Crippen molar-refractivity contribution >= 4 is 22.6 Å². The zero-order valence-corrected chi connectivity index (χ0v) is 11.8. The number of benzene rings is 1. The van der Waals surface area contributed by atoms with Crippen molar-refractivity contribution in [1.82, 2.24) is 0 Å². The van der Waals surface area contributed by atoms with Gasteiger partial charge in [0.25, 0.3) is 0 Å². The normalized spacial score (nSPS) is 9.38. The highest BCUT2D eigenvalue weighted by molar-refractivity contribution is 14.1. The number of methoxy groups -OCH3 is 1. The van der Waals surface area contributed by atoms with Gasteiger partial charge in [0.2, 0.25) is 0 Å².